The van der Waals surface area contributed by atoms with E-state index in [2.05, 4.69) is 0 Å². The van der Waals surface area contributed by atoms with Crippen LogP contribution in [0.3, 0.4) is 0 Å². The number of rotatable bonds is 3. The van der Waals surface area contributed by atoms with Crippen LogP contribution in [-0.4, -0.2) is 22.5 Å². The molecule has 1 rings (SSSR count). The van der Waals surface area contributed by atoms with Crippen molar-refractivity contribution < 1.29 is 36.6 Å². The fraction of sp³-hybridized carbons (Fsp3) is 0.333. The molecule has 2 atom stereocenters. The molecule has 0 aliphatic carbocycles. The predicted molar refractivity (Wildman–Crippen MR) is 57.4 cm³/mol. The second kappa shape index (κ2) is 6.22. The summed E-state index contributed by atoms with van der Waals surface area (Å²) in [5.41, 5.74) is -4.09. The summed E-state index contributed by atoms with van der Waals surface area (Å²) in [4.78, 5) is 0. The van der Waals surface area contributed by atoms with Crippen LogP contribution in [0.25, 0.3) is 0 Å². The molecule has 0 amide bonds. The molecule has 0 fully saturated rings. The molecule has 1 aromatic carbocycles. The van der Waals surface area contributed by atoms with Crippen LogP contribution in [0.15, 0.2) is 0 Å². The lowest BCUT2D eigenvalue weighted by Gasteiger charge is -2.20. The van der Waals surface area contributed by atoms with Gasteiger partial charge >= 0.3 is 6.18 Å². The molecule has 0 saturated heterocycles. The van der Waals surface area contributed by atoms with Gasteiger partial charge in [-0.15, -0.1) is 0 Å². The lowest BCUT2D eigenvalue weighted by Crippen LogP contribution is -2.30. The summed E-state index contributed by atoms with van der Waals surface area (Å²) in [5, 5.41) is 35.3. The molecule has 0 aliphatic rings. The van der Waals surface area contributed by atoms with Crippen molar-refractivity contribution >= 4 is 0 Å². The maximum atomic E-state index is 13.9. The predicted octanol–water partition coefficient (Wildman–Crippen LogP) is 2.19. The molecule has 0 bridgehead atoms. The number of aliphatic hydroxyl groups is 2. The minimum Gasteiger partial charge on any atom is -0.388 e. The van der Waals surface area contributed by atoms with Gasteiger partial charge in [0, 0.05) is 6.42 Å². The summed E-state index contributed by atoms with van der Waals surface area (Å²) < 4.78 is 77.4. The first-order valence-electron chi connectivity index (χ1n) is 5.49. The van der Waals surface area contributed by atoms with Gasteiger partial charge in [0.1, 0.15) is 23.3 Å². The second-order valence-corrected chi connectivity index (χ2v) is 4.14. The largest absolute Gasteiger partial charge is 0.414 e. The first-order valence-corrected chi connectivity index (χ1v) is 5.49. The van der Waals surface area contributed by atoms with E-state index in [4.69, 9.17) is 15.6 Å². The zero-order chi connectivity index (χ0) is 17.2. The molecule has 10 heteroatoms. The highest BCUT2D eigenvalue weighted by molar-refractivity contribution is 5.50. The lowest BCUT2D eigenvalue weighted by atomic mass is 9.96. The van der Waals surface area contributed by atoms with E-state index in [1.165, 1.54) is 0 Å². The Morgan fingerprint density at radius 1 is 0.909 bits per heavy atom. The monoisotopic (exact) mass is 324 g/mol. The highest BCUT2D eigenvalue weighted by Gasteiger charge is 2.41. The molecular formula is C12H6F6N2O2. The Hall–Kier alpha value is -2.30. The zero-order valence-electron chi connectivity index (χ0n) is 10.4. The maximum absolute atomic E-state index is 13.9. The summed E-state index contributed by atoms with van der Waals surface area (Å²) in [6.45, 7) is 0. The van der Waals surface area contributed by atoms with Gasteiger partial charge in [-0.05, 0) is 0 Å². The van der Waals surface area contributed by atoms with Crippen LogP contribution in [0.2, 0.25) is 0 Å². The topological polar surface area (TPSA) is 88.0 Å². The maximum Gasteiger partial charge on any atom is 0.414 e. The van der Waals surface area contributed by atoms with E-state index in [1.807, 2.05) is 0 Å². The Labute approximate surface area is 119 Å². The number of nitriles is 2. The Morgan fingerprint density at radius 2 is 1.36 bits per heavy atom. The van der Waals surface area contributed by atoms with Gasteiger partial charge in [0.15, 0.2) is 23.6 Å². The smallest absolute Gasteiger partial charge is 0.388 e. The van der Waals surface area contributed by atoms with Crippen molar-refractivity contribution in [2.75, 3.05) is 0 Å². The molecule has 0 spiro atoms. The summed E-state index contributed by atoms with van der Waals surface area (Å²) in [6.07, 6.45) is -12.4. The molecule has 0 saturated carbocycles. The third kappa shape index (κ3) is 3.13. The van der Waals surface area contributed by atoms with Crippen molar-refractivity contribution in [3.05, 3.63) is 34.1 Å². The van der Waals surface area contributed by atoms with E-state index in [-0.39, 0.29) is 0 Å². The average Bonchev–Trinajstić information content (AvgIpc) is 2.41. The van der Waals surface area contributed by atoms with Crippen molar-refractivity contribution in [1.82, 2.24) is 0 Å². The van der Waals surface area contributed by atoms with E-state index in [9.17, 15) is 31.4 Å². The van der Waals surface area contributed by atoms with Crippen LogP contribution < -0.4 is 0 Å². The lowest BCUT2D eigenvalue weighted by molar-refractivity contribution is -0.211. The van der Waals surface area contributed by atoms with Crippen molar-refractivity contribution in [2.45, 2.75) is 24.8 Å². The Bertz CT molecular complexity index is 674. The van der Waals surface area contributed by atoms with Crippen molar-refractivity contribution in [1.29, 1.82) is 10.5 Å². The number of hydrogen-bond acceptors (Lipinski definition) is 4. The van der Waals surface area contributed by atoms with Gasteiger partial charge in [0.05, 0.1) is 11.7 Å². The number of nitrogens with zero attached hydrogens (tertiary/aromatic N) is 2. The normalized spacial score (nSPS) is 14.1. The molecule has 0 radical (unpaired) electrons. The molecule has 2 N–H and O–H groups in total. The van der Waals surface area contributed by atoms with Gasteiger partial charge in [-0.25, -0.2) is 13.2 Å². The number of halogens is 6. The van der Waals surface area contributed by atoms with Crippen LogP contribution in [0.4, 0.5) is 26.3 Å². The van der Waals surface area contributed by atoms with Crippen LogP contribution in [0, 0.1) is 40.1 Å². The highest BCUT2D eigenvalue weighted by atomic mass is 19.4. The molecular weight excluding hydrogens is 318 g/mol. The van der Waals surface area contributed by atoms with Crippen molar-refractivity contribution in [3.8, 4) is 12.1 Å². The van der Waals surface area contributed by atoms with E-state index >= 15 is 0 Å². The van der Waals surface area contributed by atoms with Crippen LogP contribution in [0.1, 0.15) is 29.2 Å². The minimum atomic E-state index is -5.17. The molecule has 0 aromatic heterocycles. The summed E-state index contributed by atoms with van der Waals surface area (Å²) in [6, 6.07) is 2.10. The van der Waals surface area contributed by atoms with Crippen molar-refractivity contribution in [3.63, 3.8) is 0 Å². The molecule has 1 aromatic rings. The van der Waals surface area contributed by atoms with E-state index < -0.39 is 58.9 Å². The standard InChI is InChI=1S/C12H6F6N2O2/c13-9-4(2-19)5(3-20)10(14)11(15)8(9)6(21)1-7(22)12(16,17)18/h6-7,21-22H,1H2. The van der Waals surface area contributed by atoms with Gasteiger partial charge in [-0.1, -0.05) is 0 Å². The first-order chi connectivity index (χ1) is 10.1. The molecule has 118 valence electrons. The minimum absolute atomic E-state index is 1.04. The number of alkyl halides is 3. The van der Waals surface area contributed by atoms with E-state index in [0.29, 0.717) is 0 Å². The van der Waals surface area contributed by atoms with E-state index in [0.717, 1.165) is 12.1 Å². The second-order valence-electron chi connectivity index (χ2n) is 4.14. The zero-order valence-corrected chi connectivity index (χ0v) is 10.4. The van der Waals surface area contributed by atoms with Crippen LogP contribution in [-0.2, 0) is 0 Å². The summed E-state index contributed by atoms with van der Waals surface area (Å²) >= 11 is 0. The summed E-state index contributed by atoms with van der Waals surface area (Å²) in [7, 11) is 0. The molecule has 0 heterocycles. The van der Waals surface area contributed by atoms with Crippen LogP contribution >= 0.6 is 0 Å². The fourth-order valence-electron chi connectivity index (χ4n) is 1.64. The molecule has 2 unspecified atom stereocenters. The van der Waals surface area contributed by atoms with Gasteiger partial charge in [-0.2, -0.15) is 23.7 Å². The quantitative estimate of drug-likeness (QED) is 0.659. The fourth-order valence-corrected chi connectivity index (χ4v) is 1.64. The third-order valence-electron chi connectivity index (χ3n) is 2.74. The highest BCUT2D eigenvalue weighted by Crippen LogP contribution is 2.33. The van der Waals surface area contributed by atoms with Crippen LogP contribution in [0.5, 0.6) is 0 Å². The van der Waals surface area contributed by atoms with Gasteiger partial charge in [0.25, 0.3) is 0 Å². The van der Waals surface area contributed by atoms with Gasteiger partial charge in [-0.3, -0.25) is 0 Å². The average molecular weight is 324 g/mol. The summed E-state index contributed by atoms with van der Waals surface area (Å²) in [5.74, 6) is -5.94. The Morgan fingerprint density at radius 3 is 1.77 bits per heavy atom. The van der Waals surface area contributed by atoms with Gasteiger partial charge in [0.2, 0.25) is 0 Å². The Balaban J connectivity index is 3.41. The number of hydrogen-bond donors (Lipinski definition) is 2. The first kappa shape index (κ1) is 17.8. The number of benzene rings is 1. The molecule has 0 aliphatic heterocycles. The molecule has 22 heavy (non-hydrogen) atoms. The van der Waals surface area contributed by atoms with E-state index in [1.54, 1.807) is 0 Å². The third-order valence-corrected chi connectivity index (χ3v) is 2.74. The SMILES string of the molecule is N#Cc1c(F)c(F)c(C(O)CC(O)C(F)(F)F)c(F)c1C#N. The Kier molecular flexibility index (Phi) is 5.02. The number of aliphatic hydroxyl groups excluding tert-OH is 2. The van der Waals surface area contributed by atoms with Crippen molar-refractivity contribution in [2.24, 2.45) is 0 Å². The van der Waals surface area contributed by atoms with Gasteiger partial charge < -0.3 is 10.2 Å². The molecule has 4 nitrogen and oxygen atoms in total.